The average Bonchev–Trinajstić information content (AvgIpc) is 2.65. The highest BCUT2D eigenvalue weighted by atomic mass is 16.5. The Bertz CT molecular complexity index is 576. The van der Waals surface area contributed by atoms with Gasteiger partial charge in [0.1, 0.15) is 0 Å². The van der Waals surface area contributed by atoms with Crippen molar-refractivity contribution in [2.24, 2.45) is 5.92 Å². The number of carbonyl (C=O) groups is 1. The van der Waals surface area contributed by atoms with Crippen LogP contribution in [-0.4, -0.2) is 32.2 Å². The molecule has 1 aromatic carbocycles. The number of nitrogens with one attached hydrogen (secondary N) is 2. The molecule has 0 saturated carbocycles. The molecule has 26 heavy (non-hydrogen) atoms. The molecule has 1 saturated heterocycles. The van der Waals surface area contributed by atoms with Crippen LogP contribution in [0.15, 0.2) is 18.2 Å². The molecular weight excluding hydrogens is 328 g/mol. The molecule has 0 radical (unpaired) electrons. The lowest BCUT2D eigenvalue weighted by atomic mass is 9.92. The first kappa shape index (κ1) is 20.6. The van der Waals surface area contributed by atoms with E-state index in [-0.39, 0.29) is 17.9 Å². The standard InChI is InChI=1S/C21H34N2O3/c1-5-6-7-12-26-19-9-8-17(14-20(19)25-4)16(3)23-21(24)18-10-11-22-15(2)13-18/h8-9,14-16,18,22H,5-7,10-13H2,1-4H3,(H,23,24)/t15-,16?,18-/m0/s1. The second kappa shape index (κ2) is 10.4. The molecule has 0 aromatic heterocycles. The summed E-state index contributed by atoms with van der Waals surface area (Å²) in [6.45, 7) is 7.93. The van der Waals surface area contributed by atoms with Gasteiger partial charge in [-0.15, -0.1) is 0 Å². The monoisotopic (exact) mass is 362 g/mol. The molecule has 146 valence electrons. The summed E-state index contributed by atoms with van der Waals surface area (Å²) in [4.78, 5) is 12.6. The summed E-state index contributed by atoms with van der Waals surface area (Å²) in [5.41, 5.74) is 1.03. The third-order valence-corrected chi connectivity index (χ3v) is 5.05. The van der Waals surface area contributed by atoms with Gasteiger partial charge in [-0.05, 0) is 57.4 Å². The van der Waals surface area contributed by atoms with Crippen LogP contribution in [0.4, 0.5) is 0 Å². The van der Waals surface area contributed by atoms with E-state index in [1.165, 1.54) is 12.8 Å². The van der Waals surface area contributed by atoms with Crippen molar-refractivity contribution in [3.8, 4) is 11.5 Å². The minimum atomic E-state index is -0.0595. The van der Waals surface area contributed by atoms with Gasteiger partial charge in [0.05, 0.1) is 19.8 Å². The molecule has 1 amide bonds. The number of rotatable bonds is 9. The molecule has 1 aliphatic rings. The van der Waals surface area contributed by atoms with E-state index in [4.69, 9.17) is 9.47 Å². The molecule has 0 aliphatic carbocycles. The van der Waals surface area contributed by atoms with Gasteiger partial charge in [0.2, 0.25) is 5.91 Å². The van der Waals surface area contributed by atoms with Crippen LogP contribution in [0.2, 0.25) is 0 Å². The molecule has 2 N–H and O–H groups in total. The fourth-order valence-electron chi connectivity index (χ4n) is 3.39. The number of hydrogen-bond acceptors (Lipinski definition) is 4. The number of unbranched alkanes of at least 4 members (excludes halogenated alkanes) is 2. The number of methoxy groups -OCH3 is 1. The fourth-order valence-corrected chi connectivity index (χ4v) is 3.39. The van der Waals surface area contributed by atoms with Gasteiger partial charge in [0.15, 0.2) is 11.5 Å². The number of amides is 1. The number of benzene rings is 1. The van der Waals surface area contributed by atoms with Gasteiger partial charge in [-0.1, -0.05) is 25.8 Å². The van der Waals surface area contributed by atoms with Crippen molar-refractivity contribution in [1.82, 2.24) is 10.6 Å². The molecule has 0 spiro atoms. The molecule has 1 heterocycles. The quantitative estimate of drug-likeness (QED) is 0.656. The number of ether oxygens (including phenoxy) is 2. The summed E-state index contributed by atoms with van der Waals surface area (Å²) < 4.78 is 11.3. The van der Waals surface area contributed by atoms with Crippen molar-refractivity contribution < 1.29 is 14.3 Å². The largest absolute Gasteiger partial charge is 0.493 e. The van der Waals surface area contributed by atoms with E-state index >= 15 is 0 Å². The number of piperidine rings is 1. The van der Waals surface area contributed by atoms with Gasteiger partial charge in [0, 0.05) is 12.0 Å². The van der Waals surface area contributed by atoms with Crippen molar-refractivity contribution in [2.75, 3.05) is 20.3 Å². The molecule has 1 aromatic rings. The summed E-state index contributed by atoms with van der Waals surface area (Å²) in [5, 5.41) is 6.54. The van der Waals surface area contributed by atoms with Crippen molar-refractivity contribution in [1.29, 1.82) is 0 Å². The Morgan fingerprint density at radius 2 is 2.15 bits per heavy atom. The zero-order valence-electron chi connectivity index (χ0n) is 16.6. The highest BCUT2D eigenvalue weighted by Gasteiger charge is 2.25. The first-order valence-electron chi connectivity index (χ1n) is 9.89. The second-order valence-electron chi connectivity index (χ2n) is 7.27. The Labute approximate surface area is 157 Å². The van der Waals surface area contributed by atoms with E-state index in [1.54, 1.807) is 7.11 Å². The van der Waals surface area contributed by atoms with Gasteiger partial charge in [-0.25, -0.2) is 0 Å². The van der Waals surface area contributed by atoms with Crippen LogP contribution in [0.5, 0.6) is 11.5 Å². The maximum Gasteiger partial charge on any atom is 0.223 e. The predicted molar refractivity (Wildman–Crippen MR) is 105 cm³/mol. The highest BCUT2D eigenvalue weighted by molar-refractivity contribution is 5.79. The smallest absolute Gasteiger partial charge is 0.223 e. The van der Waals surface area contributed by atoms with E-state index in [1.807, 2.05) is 25.1 Å². The van der Waals surface area contributed by atoms with Gasteiger partial charge in [-0.3, -0.25) is 4.79 Å². The minimum absolute atomic E-state index is 0.0595. The Hall–Kier alpha value is -1.75. The molecule has 1 unspecified atom stereocenters. The molecule has 1 fully saturated rings. The van der Waals surface area contributed by atoms with Gasteiger partial charge in [-0.2, -0.15) is 0 Å². The van der Waals surface area contributed by atoms with Crippen molar-refractivity contribution >= 4 is 5.91 Å². The van der Waals surface area contributed by atoms with Crippen molar-refractivity contribution in [3.05, 3.63) is 23.8 Å². The third-order valence-electron chi connectivity index (χ3n) is 5.05. The van der Waals surface area contributed by atoms with Crippen molar-refractivity contribution in [2.45, 2.75) is 65.0 Å². The molecular formula is C21H34N2O3. The van der Waals surface area contributed by atoms with Gasteiger partial charge >= 0.3 is 0 Å². The molecule has 2 rings (SSSR count). The summed E-state index contributed by atoms with van der Waals surface area (Å²) in [7, 11) is 1.65. The second-order valence-corrected chi connectivity index (χ2v) is 7.27. The van der Waals surface area contributed by atoms with E-state index in [2.05, 4.69) is 24.5 Å². The van der Waals surface area contributed by atoms with Crippen LogP contribution in [0, 0.1) is 5.92 Å². The number of hydrogen-bond donors (Lipinski definition) is 2. The van der Waals surface area contributed by atoms with Crippen LogP contribution in [0.3, 0.4) is 0 Å². The van der Waals surface area contributed by atoms with E-state index < -0.39 is 0 Å². The molecule has 0 bridgehead atoms. The summed E-state index contributed by atoms with van der Waals surface area (Å²) in [6.07, 6.45) is 5.18. The predicted octanol–water partition coefficient (Wildman–Crippen LogP) is 3.83. The number of carbonyl (C=O) groups excluding carboxylic acids is 1. The zero-order chi connectivity index (χ0) is 18.9. The van der Waals surface area contributed by atoms with Crippen LogP contribution in [0.25, 0.3) is 0 Å². The Morgan fingerprint density at radius 3 is 2.85 bits per heavy atom. The van der Waals surface area contributed by atoms with Crippen molar-refractivity contribution in [3.63, 3.8) is 0 Å². The third kappa shape index (κ3) is 5.90. The summed E-state index contributed by atoms with van der Waals surface area (Å²) in [6, 6.07) is 6.25. The Kier molecular flexibility index (Phi) is 8.23. The maximum absolute atomic E-state index is 12.6. The van der Waals surface area contributed by atoms with Gasteiger partial charge in [0.25, 0.3) is 0 Å². The average molecular weight is 363 g/mol. The minimum Gasteiger partial charge on any atom is -0.493 e. The zero-order valence-corrected chi connectivity index (χ0v) is 16.6. The van der Waals surface area contributed by atoms with Gasteiger partial charge < -0.3 is 20.1 Å². The maximum atomic E-state index is 12.6. The normalized spacial score (nSPS) is 21.1. The highest BCUT2D eigenvalue weighted by Crippen LogP contribution is 2.31. The Balaban J connectivity index is 1.95. The molecule has 1 aliphatic heterocycles. The first-order valence-corrected chi connectivity index (χ1v) is 9.89. The Morgan fingerprint density at radius 1 is 1.35 bits per heavy atom. The van der Waals surface area contributed by atoms with Crippen LogP contribution < -0.4 is 20.1 Å². The molecule has 3 atom stereocenters. The summed E-state index contributed by atoms with van der Waals surface area (Å²) in [5.74, 6) is 1.72. The van der Waals surface area contributed by atoms with Crippen LogP contribution >= 0.6 is 0 Å². The molecule has 5 heteroatoms. The van der Waals surface area contributed by atoms with Crippen LogP contribution in [0.1, 0.15) is 64.5 Å². The SMILES string of the molecule is CCCCCOc1ccc(C(C)NC(=O)[C@H]2CCN[C@@H](C)C2)cc1OC. The summed E-state index contributed by atoms with van der Waals surface area (Å²) >= 11 is 0. The van der Waals surface area contributed by atoms with E-state index in [9.17, 15) is 4.79 Å². The lowest BCUT2D eigenvalue weighted by molar-refractivity contribution is -0.126. The topological polar surface area (TPSA) is 59.6 Å². The van der Waals surface area contributed by atoms with E-state index in [0.717, 1.165) is 42.9 Å². The fraction of sp³-hybridized carbons (Fsp3) is 0.667. The first-order chi connectivity index (χ1) is 12.5. The lowest BCUT2D eigenvalue weighted by Gasteiger charge is -2.28. The van der Waals surface area contributed by atoms with Crippen LogP contribution in [-0.2, 0) is 4.79 Å². The van der Waals surface area contributed by atoms with E-state index in [0.29, 0.717) is 12.6 Å². The lowest BCUT2D eigenvalue weighted by Crippen LogP contribution is -2.42. The molecule has 5 nitrogen and oxygen atoms in total.